The lowest BCUT2D eigenvalue weighted by Crippen LogP contribution is -2.34. The van der Waals surface area contributed by atoms with Crippen LogP contribution >= 0.6 is 0 Å². The highest BCUT2D eigenvalue weighted by Gasteiger charge is 2.21. The van der Waals surface area contributed by atoms with E-state index in [0.29, 0.717) is 0 Å². The van der Waals surface area contributed by atoms with E-state index in [4.69, 9.17) is 0 Å². The highest BCUT2D eigenvalue weighted by Crippen LogP contribution is 2.29. The van der Waals surface area contributed by atoms with Crippen molar-refractivity contribution in [3.8, 4) is 0 Å². The average Bonchev–Trinajstić information content (AvgIpc) is 2.67. The van der Waals surface area contributed by atoms with Gasteiger partial charge in [0.05, 0.1) is 0 Å². The average molecular weight is 280 g/mol. The number of hydrogen-bond acceptors (Lipinski definition) is 2. The lowest BCUT2D eigenvalue weighted by molar-refractivity contribution is 0.210. The highest BCUT2D eigenvalue weighted by atomic mass is 15.1. The number of likely N-dealkylation sites (tertiary alicyclic amines) is 1. The van der Waals surface area contributed by atoms with E-state index in [2.05, 4.69) is 31.1 Å². The normalized spacial score (nSPS) is 30.6. The molecule has 1 saturated heterocycles. The summed E-state index contributed by atoms with van der Waals surface area (Å²) >= 11 is 0. The third-order valence-corrected chi connectivity index (χ3v) is 5.78. The van der Waals surface area contributed by atoms with E-state index in [-0.39, 0.29) is 0 Å². The van der Waals surface area contributed by atoms with Gasteiger partial charge in [-0.05, 0) is 83.0 Å². The molecule has 118 valence electrons. The summed E-state index contributed by atoms with van der Waals surface area (Å²) in [4.78, 5) is 2.47. The molecule has 1 N–H and O–H groups in total. The maximum atomic E-state index is 3.87. The van der Waals surface area contributed by atoms with E-state index >= 15 is 0 Å². The Morgan fingerprint density at radius 3 is 2.45 bits per heavy atom. The fourth-order valence-corrected chi connectivity index (χ4v) is 4.04. The van der Waals surface area contributed by atoms with Gasteiger partial charge in [-0.1, -0.05) is 26.7 Å². The van der Waals surface area contributed by atoms with E-state index < -0.39 is 0 Å². The molecule has 1 heterocycles. The van der Waals surface area contributed by atoms with Gasteiger partial charge in [0, 0.05) is 6.04 Å². The van der Waals surface area contributed by atoms with Gasteiger partial charge in [-0.25, -0.2) is 0 Å². The zero-order valence-corrected chi connectivity index (χ0v) is 14.0. The summed E-state index contributed by atoms with van der Waals surface area (Å²) < 4.78 is 0. The van der Waals surface area contributed by atoms with Crippen molar-refractivity contribution >= 4 is 0 Å². The van der Waals surface area contributed by atoms with Crippen molar-refractivity contribution in [2.45, 2.75) is 71.3 Å². The molecule has 1 saturated carbocycles. The van der Waals surface area contributed by atoms with Crippen LogP contribution in [0.2, 0.25) is 0 Å². The molecule has 0 bridgehead atoms. The van der Waals surface area contributed by atoms with E-state index in [1.54, 1.807) is 0 Å². The first-order valence-corrected chi connectivity index (χ1v) is 9.07. The number of rotatable bonds is 5. The smallest absolute Gasteiger partial charge is 0.00671 e. The monoisotopic (exact) mass is 280 g/mol. The van der Waals surface area contributed by atoms with Crippen LogP contribution in [0.1, 0.15) is 65.2 Å². The third-order valence-electron chi connectivity index (χ3n) is 5.78. The zero-order chi connectivity index (χ0) is 14.4. The zero-order valence-electron chi connectivity index (χ0n) is 14.0. The van der Waals surface area contributed by atoms with Crippen LogP contribution in [0, 0.1) is 17.8 Å². The van der Waals surface area contributed by atoms with E-state index in [1.807, 2.05) is 0 Å². The number of nitrogens with zero attached hydrogens (tertiary/aromatic N) is 1. The van der Waals surface area contributed by atoms with Gasteiger partial charge in [-0.2, -0.15) is 0 Å². The Morgan fingerprint density at radius 1 is 1.00 bits per heavy atom. The molecule has 2 heteroatoms. The lowest BCUT2D eigenvalue weighted by Gasteiger charge is -2.29. The predicted molar refractivity (Wildman–Crippen MR) is 88.0 cm³/mol. The quantitative estimate of drug-likeness (QED) is 0.768. The molecule has 0 amide bonds. The summed E-state index contributed by atoms with van der Waals surface area (Å²) in [6, 6.07) is 0.810. The van der Waals surface area contributed by atoms with Crippen molar-refractivity contribution in [1.82, 2.24) is 10.2 Å². The van der Waals surface area contributed by atoms with Gasteiger partial charge in [0.2, 0.25) is 0 Å². The molecular weight excluding hydrogens is 244 g/mol. The molecule has 0 aromatic carbocycles. The molecular formula is C18H36N2. The minimum atomic E-state index is 0.810. The molecule has 0 aromatic heterocycles. The van der Waals surface area contributed by atoms with Crippen molar-refractivity contribution in [3.63, 3.8) is 0 Å². The Bertz CT molecular complexity index is 256. The van der Waals surface area contributed by atoms with Crippen LogP contribution in [0.3, 0.4) is 0 Å². The van der Waals surface area contributed by atoms with Crippen LogP contribution in [0.25, 0.3) is 0 Å². The van der Waals surface area contributed by atoms with Crippen LogP contribution in [0.5, 0.6) is 0 Å². The van der Waals surface area contributed by atoms with Crippen molar-refractivity contribution in [2.75, 3.05) is 26.7 Å². The minimum Gasteiger partial charge on any atom is -0.314 e. The van der Waals surface area contributed by atoms with E-state index in [0.717, 1.165) is 23.8 Å². The molecule has 2 atom stereocenters. The minimum absolute atomic E-state index is 0.810. The summed E-state index contributed by atoms with van der Waals surface area (Å²) in [6.07, 6.45) is 11.4. The molecule has 2 unspecified atom stereocenters. The topological polar surface area (TPSA) is 15.3 Å². The molecule has 2 aliphatic rings. The maximum absolute atomic E-state index is 3.87. The summed E-state index contributed by atoms with van der Waals surface area (Å²) in [7, 11) is 2.26. The fourth-order valence-electron chi connectivity index (χ4n) is 4.04. The Morgan fingerprint density at radius 2 is 1.75 bits per heavy atom. The number of piperidine rings is 1. The highest BCUT2D eigenvalue weighted by molar-refractivity contribution is 4.77. The lowest BCUT2D eigenvalue weighted by atomic mass is 9.89. The molecule has 1 aliphatic heterocycles. The molecule has 0 aromatic rings. The SMILES string of the molecule is CC(C)C1CCCC(NCCC2CCN(C)CC2)CC1. The van der Waals surface area contributed by atoms with Gasteiger partial charge in [0.25, 0.3) is 0 Å². The summed E-state index contributed by atoms with van der Waals surface area (Å²) in [5, 5.41) is 3.87. The summed E-state index contributed by atoms with van der Waals surface area (Å²) in [5.74, 6) is 2.84. The maximum Gasteiger partial charge on any atom is 0.00671 e. The van der Waals surface area contributed by atoms with Crippen molar-refractivity contribution in [3.05, 3.63) is 0 Å². The molecule has 20 heavy (non-hydrogen) atoms. The Balaban J connectivity index is 1.59. The van der Waals surface area contributed by atoms with Crippen LogP contribution in [0.4, 0.5) is 0 Å². The largest absolute Gasteiger partial charge is 0.314 e. The molecule has 1 aliphatic carbocycles. The van der Waals surface area contributed by atoms with Crippen LogP contribution in [-0.4, -0.2) is 37.6 Å². The summed E-state index contributed by atoms with van der Waals surface area (Å²) in [5.41, 5.74) is 0. The Hall–Kier alpha value is -0.0800. The van der Waals surface area contributed by atoms with E-state index in [9.17, 15) is 0 Å². The molecule has 2 nitrogen and oxygen atoms in total. The second-order valence-electron chi connectivity index (χ2n) is 7.70. The van der Waals surface area contributed by atoms with Crippen LogP contribution in [-0.2, 0) is 0 Å². The predicted octanol–water partition coefficient (Wildman–Crippen LogP) is 3.91. The summed E-state index contributed by atoms with van der Waals surface area (Å²) in [6.45, 7) is 8.68. The first-order chi connectivity index (χ1) is 9.65. The van der Waals surface area contributed by atoms with Crippen LogP contribution < -0.4 is 5.32 Å². The van der Waals surface area contributed by atoms with Crippen molar-refractivity contribution < 1.29 is 0 Å². The van der Waals surface area contributed by atoms with Gasteiger partial charge in [0.15, 0.2) is 0 Å². The van der Waals surface area contributed by atoms with Gasteiger partial charge < -0.3 is 10.2 Å². The second-order valence-corrected chi connectivity index (χ2v) is 7.70. The first-order valence-electron chi connectivity index (χ1n) is 9.07. The molecule has 0 spiro atoms. The fraction of sp³-hybridized carbons (Fsp3) is 1.00. The molecule has 0 radical (unpaired) electrons. The molecule has 2 fully saturated rings. The van der Waals surface area contributed by atoms with Crippen molar-refractivity contribution in [2.24, 2.45) is 17.8 Å². The molecule has 2 rings (SSSR count). The number of nitrogens with one attached hydrogen (secondary N) is 1. The van der Waals surface area contributed by atoms with Gasteiger partial charge in [0.1, 0.15) is 0 Å². The second kappa shape index (κ2) is 8.38. The van der Waals surface area contributed by atoms with Gasteiger partial charge >= 0.3 is 0 Å². The van der Waals surface area contributed by atoms with Gasteiger partial charge in [-0.3, -0.25) is 0 Å². The van der Waals surface area contributed by atoms with Crippen molar-refractivity contribution in [1.29, 1.82) is 0 Å². The van der Waals surface area contributed by atoms with Crippen LogP contribution in [0.15, 0.2) is 0 Å². The third kappa shape index (κ3) is 5.37. The first kappa shape index (κ1) is 16.3. The standard InChI is InChI=1S/C18H36N2/c1-15(2)17-5-4-6-18(8-7-17)19-12-9-16-10-13-20(3)14-11-16/h15-19H,4-14H2,1-3H3. The van der Waals surface area contributed by atoms with Gasteiger partial charge in [-0.15, -0.1) is 0 Å². The Labute approximate surface area is 126 Å². The Kier molecular flexibility index (Phi) is 6.83. The number of hydrogen-bond donors (Lipinski definition) is 1. The van der Waals surface area contributed by atoms with E-state index in [1.165, 1.54) is 71.0 Å².